The number of hydrogen-bond donors (Lipinski definition) is 1. The first-order valence-electron chi connectivity index (χ1n) is 12.2. The van der Waals surface area contributed by atoms with Gasteiger partial charge in [0.1, 0.15) is 17.2 Å². The summed E-state index contributed by atoms with van der Waals surface area (Å²) in [5.41, 5.74) is 2.46. The van der Waals surface area contributed by atoms with Crippen molar-refractivity contribution in [2.24, 2.45) is 0 Å². The van der Waals surface area contributed by atoms with Gasteiger partial charge in [-0.3, -0.25) is 4.79 Å². The number of nitrogens with zero attached hydrogens (tertiary/aromatic N) is 1. The Morgan fingerprint density at radius 2 is 1.53 bits per heavy atom. The van der Waals surface area contributed by atoms with Crippen molar-refractivity contribution in [3.63, 3.8) is 0 Å². The van der Waals surface area contributed by atoms with Gasteiger partial charge in [0.15, 0.2) is 0 Å². The van der Waals surface area contributed by atoms with Gasteiger partial charge in [0.05, 0.1) is 7.11 Å². The summed E-state index contributed by atoms with van der Waals surface area (Å²) < 4.78 is 11.4. The molecule has 0 spiro atoms. The van der Waals surface area contributed by atoms with E-state index in [-0.39, 0.29) is 5.91 Å². The fraction of sp³-hybridized carbons (Fsp3) is 0.345. The molecule has 1 N–H and O–H groups in total. The molecule has 0 radical (unpaired) electrons. The summed E-state index contributed by atoms with van der Waals surface area (Å²) in [5, 5.41) is 3.01. The van der Waals surface area contributed by atoms with Gasteiger partial charge in [-0.05, 0) is 105 Å². The standard InChI is InChI=1S/C29H36N2O3/c1-4-19-31(20-5-2)21-9-10-24-22-25(15-18-28(24)33-3)30-29(32)23-13-16-27(17-14-23)34-26-11-7-6-8-12-26/h6-8,11-18,22H,4-5,9-10,19-21H2,1-3H3,(H,30,32). The minimum absolute atomic E-state index is 0.153. The number of ether oxygens (including phenoxy) is 2. The largest absolute Gasteiger partial charge is 0.496 e. The van der Waals surface area contributed by atoms with Gasteiger partial charge in [0, 0.05) is 11.3 Å². The van der Waals surface area contributed by atoms with Crippen LogP contribution in [0.5, 0.6) is 17.2 Å². The molecule has 5 nitrogen and oxygen atoms in total. The van der Waals surface area contributed by atoms with Crippen LogP contribution in [0, 0.1) is 0 Å². The highest BCUT2D eigenvalue weighted by atomic mass is 16.5. The topological polar surface area (TPSA) is 50.8 Å². The molecule has 0 aliphatic carbocycles. The highest BCUT2D eigenvalue weighted by Gasteiger charge is 2.11. The maximum absolute atomic E-state index is 12.8. The molecule has 0 saturated heterocycles. The zero-order valence-corrected chi connectivity index (χ0v) is 20.5. The fourth-order valence-electron chi connectivity index (χ4n) is 4.01. The summed E-state index contributed by atoms with van der Waals surface area (Å²) in [5.74, 6) is 2.16. The molecule has 0 aromatic heterocycles. The van der Waals surface area contributed by atoms with Crippen LogP contribution < -0.4 is 14.8 Å². The van der Waals surface area contributed by atoms with Crippen LogP contribution in [0.1, 0.15) is 49.0 Å². The van der Waals surface area contributed by atoms with E-state index in [2.05, 4.69) is 24.1 Å². The first kappa shape index (κ1) is 25.3. The maximum Gasteiger partial charge on any atom is 0.255 e. The number of para-hydroxylation sites is 1. The first-order valence-corrected chi connectivity index (χ1v) is 12.2. The predicted octanol–water partition coefficient (Wildman–Crippen LogP) is 6.79. The summed E-state index contributed by atoms with van der Waals surface area (Å²) >= 11 is 0. The minimum atomic E-state index is -0.153. The van der Waals surface area contributed by atoms with Crippen molar-refractivity contribution in [1.29, 1.82) is 0 Å². The monoisotopic (exact) mass is 460 g/mol. The van der Waals surface area contributed by atoms with Crippen molar-refractivity contribution >= 4 is 11.6 Å². The summed E-state index contributed by atoms with van der Waals surface area (Å²) in [4.78, 5) is 15.3. The molecule has 0 bridgehead atoms. The van der Waals surface area contributed by atoms with Gasteiger partial charge in [-0.2, -0.15) is 0 Å². The zero-order valence-electron chi connectivity index (χ0n) is 20.5. The van der Waals surface area contributed by atoms with Crippen LogP contribution in [-0.2, 0) is 6.42 Å². The Labute approximate surface area is 203 Å². The average Bonchev–Trinajstić information content (AvgIpc) is 2.85. The van der Waals surface area contributed by atoms with E-state index in [1.807, 2.05) is 48.5 Å². The van der Waals surface area contributed by atoms with Crippen molar-refractivity contribution < 1.29 is 14.3 Å². The van der Waals surface area contributed by atoms with E-state index >= 15 is 0 Å². The minimum Gasteiger partial charge on any atom is -0.496 e. The van der Waals surface area contributed by atoms with Crippen LogP contribution in [0.2, 0.25) is 0 Å². The van der Waals surface area contributed by atoms with Crippen molar-refractivity contribution in [3.8, 4) is 17.2 Å². The van der Waals surface area contributed by atoms with E-state index in [9.17, 15) is 4.79 Å². The van der Waals surface area contributed by atoms with E-state index in [4.69, 9.17) is 9.47 Å². The fourth-order valence-corrected chi connectivity index (χ4v) is 4.01. The molecule has 3 rings (SSSR count). The number of carbonyl (C=O) groups is 1. The van der Waals surface area contributed by atoms with Gasteiger partial charge in [0.2, 0.25) is 0 Å². The van der Waals surface area contributed by atoms with Gasteiger partial charge >= 0.3 is 0 Å². The Balaban J connectivity index is 1.60. The molecule has 0 fully saturated rings. The number of benzene rings is 3. The highest BCUT2D eigenvalue weighted by Crippen LogP contribution is 2.25. The smallest absolute Gasteiger partial charge is 0.255 e. The van der Waals surface area contributed by atoms with Crippen LogP contribution in [0.25, 0.3) is 0 Å². The molecule has 0 saturated carbocycles. The summed E-state index contributed by atoms with van der Waals surface area (Å²) in [6.07, 6.45) is 4.30. The van der Waals surface area contributed by atoms with Crippen LogP contribution in [0.3, 0.4) is 0 Å². The second-order valence-corrected chi connectivity index (χ2v) is 8.37. The number of methoxy groups -OCH3 is 1. The molecule has 0 atom stereocenters. The summed E-state index contributed by atoms with van der Waals surface area (Å²) in [6, 6.07) is 22.6. The molecule has 34 heavy (non-hydrogen) atoms. The van der Waals surface area contributed by atoms with Crippen LogP contribution >= 0.6 is 0 Å². The maximum atomic E-state index is 12.8. The summed E-state index contributed by atoms with van der Waals surface area (Å²) in [7, 11) is 1.69. The van der Waals surface area contributed by atoms with Crippen LogP contribution in [-0.4, -0.2) is 37.6 Å². The first-order chi connectivity index (χ1) is 16.6. The van der Waals surface area contributed by atoms with Crippen molar-refractivity contribution in [3.05, 3.63) is 83.9 Å². The molecule has 0 heterocycles. The number of rotatable bonds is 13. The second kappa shape index (κ2) is 13.4. The lowest BCUT2D eigenvalue weighted by Gasteiger charge is -2.21. The van der Waals surface area contributed by atoms with E-state index < -0.39 is 0 Å². The van der Waals surface area contributed by atoms with Crippen LogP contribution in [0.15, 0.2) is 72.8 Å². The predicted molar refractivity (Wildman–Crippen MR) is 139 cm³/mol. The number of aryl methyl sites for hydroxylation is 1. The Morgan fingerprint density at radius 3 is 2.18 bits per heavy atom. The molecule has 1 amide bonds. The van der Waals surface area contributed by atoms with E-state index in [1.165, 1.54) is 12.8 Å². The van der Waals surface area contributed by atoms with Crippen molar-refractivity contribution in [2.75, 3.05) is 32.1 Å². The third kappa shape index (κ3) is 7.63. The average molecular weight is 461 g/mol. The van der Waals surface area contributed by atoms with E-state index in [0.717, 1.165) is 55.2 Å². The number of carbonyl (C=O) groups excluding carboxylic acids is 1. The molecule has 0 unspecified atom stereocenters. The van der Waals surface area contributed by atoms with E-state index in [0.29, 0.717) is 11.3 Å². The van der Waals surface area contributed by atoms with Crippen molar-refractivity contribution in [1.82, 2.24) is 4.90 Å². The zero-order chi connectivity index (χ0) is 24.2. The lowest BCUT2D eigenvalue weighted by molar-refractivity contribution is 0.102. The Morgan fingerprint density at radius 1 is 0.853 bits per heavy atom. The Hall–Kier alpha value is -3.31. The Bertz CT molecular complexity index is 1010. The quantitative estimate of drug-likeness (QED) is 0.305. The molecule has 3 aromatic carbocycles. The molecule has 0 aliphatic heterocycles. The van der Waals surface area contributed by atoms with Crippen molar-refractivity contribution in [2.45, 2.75) is 39.5 Å². The SMILES string of the molecule is CCCN(CCC)CCCc1cc(NC(=O)c2ccc(Oc3ccccc3)cc2)ccc1OC. The molecular weight excluding hydrogens is 424 g/mol. The third-order valence-electron chi connectivity index (χ3n) is 5.63. The molecule has 180 valence electrons. The van der Waals surface area contributed by atoms with Gasteiger partial charge in [-0.15, -0.1) is 0 Å². The molecular formula is C29H36N2O3. The lowest BCUT2D eigenvalue weighted by Crippen LogP contribution is -2.26. The summed E-state index contributed by atoms with van der Waals surface area (Å²) in [6.45, 7) is 7.79. The van der Waals surface area contributed by atoms with Crippen LogP contribution in [0.4, 0.5) is 5.69 Å². The number of hydrogen-bond acceptors (Lipinski definition) is 4. The normalized spacial score (nSPS) is 10.8. The Kier molecular flexibility index (Phi) is 9.98. The van der Waals surface area contributed by atoms with Gasteiger partial charge in [-0.25, -0.2) is 0 Å². The number of amides is 1. The highest BCUT2D eigenvalue weighted by molar-refractivity contribution is 6.04. The molecule has 0 aliphatic rings. The third-order valence-corrected chi connectivity index (χ3v) is 5.63. The molecule has 3 aromatic rings. The number of nitrogens with one attached hydrogen (secondary N) is 1. The number of anilines is 1. The van der Waals surface area contributed by atoms with E-state index in [1.54, 1.807) is 31.4 Å². The second-order valence-electron chi connectivity index (χ2n) is 8.37. The van der Waals surface area contributed by atoms with Gasteiger partial charge < -0.3 is 19.7 Å². The lowest BCUT2D eigenvalue weighted by atomic mass is 10.1. The van der Waals surface area contributed by atoms with Gasteiger partial charge in [0.25, 0.3) is 5.91 Å². The van der Waals surface area contributed by atoms with Gasteiger partial charge in [-0.1, -0.05) is 32.0 Å². The molecule has 5 heteroatoms.